The Balaban J connectivity index is 2.03. The molecule has 1 heterocycles. The highest BCUT2D eigenvalue weighted by Gasteiger charge is 2.24. The van der Waals surface area contributed by atoms with E-state index in [4.69, 9.17) is 9.57 Å². The van der Waals surface area contributed by atoms with Crippen LogP contribution in [0.15, 0.2) is 18.2 Å². The Morgan fingerprint density at radius 3 is 2.67 bits per heavy atom. The van der Waals surface area contributed by atoms with Gasteiger partial charge in [0.2, 0.25) is 0 Å². The number of ether oxygens (including phenoxy) is 1. The minimum absolute atomic E-state index is 0.0351. The number of rotatable bonds is 2. The first-order valence-corrected chi connectivity index (χ1v) is 6.67. The van der Waals surface area contributed by atoms with Crippen molar-refractivity contribution in [3.63, 3.8) is 0 Å². The molecule has 7 nitrogen and oxygen atoms in total. The molecule has 1 aliphatic heterocycles. The molecular formula is C14H18N2O5. The summed E-state index contributed by atoms with van der Waals surface area (Å²) in [6, 6.07) is 4.75. The fourth-order valence-electron chi connectivity index (χ4n) is 2.08. The molecule has 0 saturated heterocycles. The molecule has 7 heteroatoms. The van der Waals surface area contributed by atoms with E-state index in [1.165, 1.54) is 17.2 Å². The second-order valence-electron chi connectivity index (χ2n) is 5.88. The normalized spacial score (nSPS) is 15.2. The summed E-state index contributed by atoms with van der Waals surface area (Å²) in [6.07, 6.45) is -0.104. The number of fused-ring (bicyclic) bond motifs is 1. The predicted octanol–water partition coefficient (Wildman–Crippen LogP) is 2.82. The van der Waals surface area contributed by atoms with E-state index in [2.05, 4.69) is 0 Å². The van der Waals surface area contributed by atoms with Crippen LogP contribution in [0.2, 0.25) is 0 Å². The number of nitro benzene ring substituents is 1. The van der Waals surface area contributed by atoms with Crippen LogP contribution in [-0.2, 0) is 22.5 Å². The van der Waals surface area contributed by atoms with Crippen LogP contribution < -0.4 is 0 Å². The molecule has 0 spiro atoms. The summed E-state index contributed by atoms with van der Waals surface area (Å²) in [5.41, 5.74) is 1.24. The van der Waals surface area contributed by atoms with Crippen molar-refractivity contribution in [2.75, 3.05) is 6.54 Å². The Labute approximate surface area is 122 Å². The average molecular weight is 294 g/mol. The highest BCUT2D eigenvalue weighted by atomic mass is 16.8. The van der Waals surface area contributed by atoms with E-state index in [9.17, 15) is 14.9 Å². The predicted molar refractivity (Wildman–Crippen MR) is 74.5 cm³/mol. The highest BCUT2D eigenvalue weighted by Crippen LogP contribution is 2.24. The first-order chi connectivity index (χ1) is 9.74. The zero-order valence-electron chi connectivity index (χ0n) is 12.3. The molecule has 0 aliphatic carbocycles. The van der Waals surface area contributed by atoms with E-state index in [1.54, 1.807) is 26.8 Å². The quantitative estimate of drug-likeness (QED) is 0.474. The zero-order chi connectivity index (χ0) is 15.6. The maximum atomic E-state index is 11.6. The van der Waals surface area contributed by atoms with Crippen LogP contribution in [-0.4, -0.2) is 28.3 Å². The van der Waals surface area contributed by atoms with Crippen LogP contribution in [0, 0.1) is 10.1 Å². The fraction of sp³-hybridized carbons (Fsp3) is 0.500. The number of non-ortho nitro benzene ring substituents is 1. The minimum atomic E-state index is -0.767. The molecular weight excluding hydrogens is 276 g/mol. The molecule has 0 N–H and O–H groups in total. The van der Waals surface area contributed by atoms with E-state index < -0.39 is 16.7 Å². The Bertz CT molecular complexity index is 565. The second kappa shape index (κ2) is 5.69. The number of hydrogen-bond acceptors (Lipinski definition) is 6. The van der Waals surface area contributed by atoms with Gasteiger partial charge in [-0.05, 0) is 38.3 Å². The first-order valence-electron chi connectivity index (χ1n) is 6.67. The van der Waals surface area contributed by atoms with E-state index >= 15 is 0 Å². The van der Waals surface area contributed by atoms with Crippen molar-refractivity contribution < 1.29 is 19.3 Å². The summed E-state index contributed by atoms with van der Waals surface area (Å²) >= 11 is 0. The van der Waals surface area contributed by atoms with Crippen molar-refractivity contribution in [2.24, 2.45) is 0 Å². The molecule has 0 saturated carbocycles. The van der Waals surface area contributed by atoms with Crippen LogP contribution in [0.3, 0.4) is 0 Å². The van der Waals surface area contributed by atoms with Crippen LogP contribution in [0.1, 0.15) is 31.9 Å². The topological polar surface area (TPSA) is 81.9 Å². The summed E-state index contributed by atoms with van der Waals surface area (Å²) < 4.78 is 5.08. The Kier molecular flexibility index (Phi) is 4.13. The molecule has 0 radical (unpaired) electrons. The third-order valence-corrected chi connectivity index (χ3v) is 2.97. The number of benzene rings is 1. The molecule has 1 aromatic carbocycles. The van der Waals surface area contributed by atoms with Gasteiger partial charge in [0.15, 0.2) is 0 Å². The van der Waals surface area contributed by atoms with Gasteiger partial charge in [0.1, 0.15) is 5.60 Å². The van der Waals surface area contributed by atoms with Crippen LogP contribution in [0.5, 0.6) is 0 Å². The van der Waals surface area contributed by atoms with Crippen molar-refractivity contribution >= 4 is 11.8 Å². The van der Waals surface area contributed by atoms with Crippen molar-refractivity contribution in [1.29, 1.82) is 0 Å². The molecule has 1 aromatic rings. The minimum Gasteiger partial charge on any atom is -0.427 e. The molecule has 0 atom stereocenters. The van der Waals surface area contributed by atoms with Crippen molar-refractivity contribution in [3.8, 4) is 0 Å². The maximum absolute atomic E-state index is 11.6. The van der Waals surface area contributed by atoms with Gasteiger partial charge < -0.3 is 9.57 Å². The highest BCUT2D eigenvalue weighted by molar-refractivity contribution is 5.60. The summed E-state index contributed by atoms with van der Waals surface area (Å²) in [5.74, 6) is 0. The number of nitro groups is 1. The van der Waals surface area contributed by atoms with Crippen LogP contribution in [0.25, 0.3) is 0 Å². The molecule has 0 aromatic heterocycles. The smallest absolute Gasteiger partial charge is 0.427 e. The van der Waals surface area contributed by atoms with Crippen molar-refractivity contribution in [2.45, 2.75) is 39.3 Å². The molecule has 0 amide bonds. The lowest BCUT2D eigenvalue weighted by Crippen LogP contribution is -2.35. The number of hydroxylamine groups is 2. The van der Waals surface area contributed by atoms with E-state index in [0.29, 0.717) is 19.5 Å². The van der Waals surface area contributed by atoms with Gasteiger partial charge in [-0.2, -0.15) is 0 Å². The Morgan fingerprint density at radius 1 is 1.33 bits per heavy atom. The molecule has 0 bridgehead atoms. The van der Waals surface area contributed by atoms with Crippen molar-refractivity contribution in [1.82, 2.24) is 5.06 Å². The third kappa shape index (κ3) is 4.16. The number of carbonyl (C=O) groups excluding carboxylic acids is 1. The van der Waals surface area contributed by atoms with E-state index in [1.807, 2.05) is 0 Å². The standard InChI is InChI=1S/C14H18N2O5/c1-14(2,3)20-13(17)21-15-7-6-10-4-5-12(16(18)19)8-11(10)9-15/h4-5,8H,6-7,9H2,1-3H3. The van der Waals surface area contributed by atoms with Gasteiger partial charge in [-0.3, -0.25) is 10.1 Å². The van der Waals surface area contributed by atoms with Gasteiger partial charge in [0.05, 0.1) is 11.5 Å². The third-order valence-electron chi connectivity index (χ3n) is 2.97. The van der Waals surface area contributed by atoms with Gasteiger partial charge in [0, 0.05) is 18.7 Å². The molecule has 0 fully saturated rings. The second-order valence-corrected chi connectivity index (χ2v) is 5.88. The lowest BCUT2D eigenvalue weighted by Gasteiger charge is -2.28. The van der Waals surface area contributed by atoms with Gasteiger partial charge >= 0.3 is 6.16 Å². The molecule has 21 heavy (non-hydrogen) atoms. The average Bonchev–Trinajstić information content (AvgIpc) is 2.35. The van der Waals surface area contributed by atoms with Crippen molar-refractivity contribution in [3.05, 3.63) is 39.4 Å². The molecule has 2 rings (SSSR count). The summed E-state index contributed by atoms with van der Waals surface area (Å²) in [5, 5.41) is 12.2. The van der Waals surface area contributed by atoms with Gasteiger partial charge in [-0.15, -0.1) is 5.06 Å². The fourth-order valence-corrected chi connectivity index (χ4v) is 2.08. The monoisotopic (exact) mass is 294 g/mol. The summed E-state index contributed by atoms with van der Waals surface area (Å²) in [7, 11) is 0. The molecule has 0 unspecified atom stereocenters. The zero-order valence-corrected chi connectivity index (χ0v) is 12.3. The molecule has 1 aliphatic rings. The number of carbonyl (C=O) groups is 1. The lowest BCUT2D eigenvalue weighted by atomic mass is 10.0. The lowest BCUT2D eigenvalue weighted by molar-refractivity contribution is -0.385. The number of hydrogen-bond donors (Lipinski definition) is 0. The van der Waals surface area contributed by atoms with E-state index in [-0.39, 0.29) is 5.69 Å². The molecule has 114 valence electrons. The number of nitrogens with zero attached hydrogens (tertiary/aromatic N) is 2. The summed E-state index contributed by atoms with van der Waals surface area (Å²) in [4.78, 5) is 27.1. The van der Waals surface area contributed by atoms with E-state index in [0.717, 1.165) is 11.1 Å². The first kappa shape index (κ1) is 15.2. The van der Waals surface area contributed by atoms with Crippen LogP contribution in [0.4, 0.5) is 10.5 Å². The Morgan fingerprint density at radius 2 is 2.05 bits per heavy atom. The Hall–Kier alpha value is -2.15. The maximum Gasteiger partial charge on any atom is 0.528 e. The van der Waals surface area contributed by atoms with Gasteiger partial charge in [-0.25, -0.2) is 4.79 Å². The van der Waals surface area contributed by atoms with Crippen LogP contribution >= 0.6 is 0 Å². The largest absolute Gasteiger partial charge is 0.528 e. The SMILES string of the molecule is CC(C)(C)OC(=O)ON1CCc2ccc([N+](=O)[O-])cc2C1. The van der Waals surface area contributed by atoms with Gasteiger partial charge in [0.25, 0.3) is 5.69 Å². The summed E-state index contributed by atoms with van der Waals surface area (Å²) in [6.45, 7) is 6.11. The van der Waals surface area contributed by atoms with Gasteiger partial charge in [-0.1, -0.05) is 6.07 Å².